The molecular formula is C14H30O2. The van der Waals surface area contributed by atoms with E-state index < -0.39 is 0 Å². The van der Waals surface area contributed by atoms with Crippen LogP contribution in [0.2, 0.25) is 0 Å². The van der Waals surface area contributed by atoms with Gasteiger partial charge in [-0.3, -0.25) is 0 Å². The van der Waals surface area contributed by atoms with Crippen LogP contribution < -0.4 is 0 Å². The molecule has 0 spiro atoms. The minimum atomic E-state index is -0.263. The van der Waals surface area contributed by atoms with Crippen molar-refractivity contribution in [3.63, 3.8) is 0 Å². The Balaban J connectivity index is 3.78. The lowest BCUT2D eigenvalue weighted by molar-refractivity contribution is 0.0778. The van der Waals surface area contributed by atoms with Crippen LogP contribution in [0.25, 0.3) is 0 Å². The maximum Gasteiger partial charge on any atom is 0.0544 e. The normalized spacial score (nSPS) is 18.2. The van der Waals surface area contributed by atoms with Crippen LogP contribution in [-0.2, 0) is 0 Å². The molecule has 2 N–H and O–H groups in total. The molecule has 3 atom stereocenters. The standard InChI is InChI=1S/C14H30O2/c1-6-7-12(15)8-9-13(16)10-11(2)14(3,4)5/h11-13,15-16H,6-10H2,1-5H3. The number of hydrogen-bond acceptors (Lipinski definition) is 2. The fourth-order valence-electron chi connectivity index (χ4n) is 1.74. The molecule has 0 bridgehead atoms. The highest BCUT2D eigenvalue weighted by Crippen LogP contribution is 2.29. The minimum absolute atomic E-state index is 0.232. The van der Waals surface area contributed by atoms with Gasteiger partial charge in [0.2, 0.25) is 0 Å². The van der Waals surface area contributed by atoms with E-state index >= 15 is 0 Å². The Labute approximate surface area is 101 Å². The SMILES string of the molecule is CCCC(O)CCC(O)CC(C)C(C)(C)C. The van der Waals surface area contributed by atoms with Gasteiger partial charge in [-0.15, -0.1) is 0 Å². The van der Waals surface area contributed by atoms with Crippen LogP contribution in [0.1, 0.15) is 66.7 Å². The number of hydrogen-bond donors (Lipinski definition) is 2. The van der Waals surface area contributed by atoms with E-state index in [0.29, 0.717) is 5.92 Å². The molecule has 0 aromatic heterocycles. The molecule has 0 saturated heterocycles. The molecular weight excluding hydrogens is 200 g/mol. The van der Waals surface area contributed by atoms with E-state index in [2.05, 4.69) is 34.6 Å². The van der Waals surface area contributed by atoms with Crippen LogP contribution >= 0.6 is 0 Å². The summed E-state index contributed by atoms with van der Waals surface area (Å²) >= 11 is 0. The highest BCUT2D eigenvalue weighted by molar-refractivity contribution is 4.73. The Kier molecular flexibility index (Phi) is 7.25. The van der Waals surface area contributed by atoms with Crippen LogP contribution in [0.4, 0.5) is 0 Å². The molecule has 0 fully saturated rings. The predicted octanol–water partition coefficient (Wildman–Crippen LogP) is 3.36. The molecule has 0 heterocycles. The highest BCUT2D eigenvalue weighted by Gasteiger charge is 2.22. The lowest BCUT2D eigenvalue weighted by Gasteiger charge is -2.29. The number of aliphatic hydroxyl groups excluding tert-OH is 2. The average Bonchev–Trinajstić information content (AvgIpc) is 2.13. The minimum Gasteiger partial charge on any atom is -0.393 e. The van der Waals surface area contributed by atoms with Gasteiger partial charge in [0.25, 0.3) is 0 Å². The first kappa shape index (κ1) is 15.9. The Bertz CT molecular complexity index is 172. The Morgan fingerprint density at radius 1 is 0.938 bits per heavy atom. The molecule has 0 aliphatic heterocycles. The predicted molar refractivity (Wildman–Crippen MR) is 69.4 cm³/mol. The molecule has 0 aliphatic carbocycles. The smallest absolute Gasteiger partial charge is 0.0544 e. The second kappa shape index (κ2) is 7.29. The van der Waals surface area contributed by atoms with Gasteiger partial charge in [0.1, 0.15) is 0 Å². The van der Waals surface area contributed by atoms with E-state index in [-0.39, 0.29) is 17.6 Å². The highest BCUT2D eigenvalue weighted by atomic mass is 16.3. The lowest BCUT2D eigenvalue weighted by Crippen LogP contribution is -2.23. The van der Waals surface area contributed by atoms with Crippen molar-refractivity contribution in [3.05, 3.63) is 0 Å². The van der Waals surface area contributed by atoms with Gasteiger partial charge in [-0.05, 0) is 37.0 Å². The summed E-state index contributed by atoms with van der Waals surface area (Å²) in [5, 5.41) is 19.5. The number of rotatable bonds is 7. The fourth-order valence-corrected chi connectivity index (χ4v) is 1.74. The van der Waals surface area contributed by atoms with Gasteiger partial charge in [-0.1, -0.05) is 41.0 Å². The summed E-state index contributed by atoms with van der Waals surface area (Å²) in [6, 6.07) is 0. The van der Waals surface area contributed by atoms with Gasteiger partial charge < -0.3 is 10.2 Å². The van der Waals surface area contributed by atoms with E-state index in [4.69, 9.17) is 0 Å². The number of aliphatic hydroxyl groups is 2. The van der Waals surface area contributed by atoms with Crippen molar-refractivity contribution in [1.29, 1.82) is 0 Å². The zero-order chi connectivity index (χ0) is 12.8. The molecule has 0 rings (SSSR count). The van der Waals surface area contributed by atoms with Crippen molar-refractivity contribution in [2.24, 2.45) is 11.3 Å². The first-order valence-corrected chi connectivity index (χ1v) is 6.63. The van der Waals surface area contributed by atoms with Crippen LogP contribution in [0.15, 0.2) is 0 Å². The van der Waals surface area contributed by atoms with Crippen LogP contribution in [0.3, 0.4) is 0 Å². The van der Waals surface area contributed by atoms with E-state index in [1.807, 2.05) is 0 Å². The first-order chi connectivity index (χ1) is 7.27. The Morgan fingerprint density at radius 2 is 1.44 bits per heavy atom. The summed E-state index contributed by atoms with van der Waals surface area (Å²) < 4.78 is 0. The maximum absolute atomic E-state index is 9.89. The second-order valence-electron chi connectivity index (χ2n) is 6.18. The molecule has 0 aromatic carbocycles. The third kappa shape index (κ3) is 7.24. The lowest BCUT2D eigenvalue weighted by atomic mass is 9.78. The van der Waals surface area contributed by atoms with Gasteiger partial charge in [0.05, 0.1) is 12.2 Å². The van der Waals surface area contributed by atoms with Crippen LogP contribution in [0, 0.1) is 11.3 Å². The molecule has 2 nitrogen and oxygen atoms in total. The molecule has 0 radical (unpaired) electrons. The summed E-state index contributed by atoms with van der Waals surface area (Å²) in [5.41, 5.74) is 0.253. The van der Waals surface area contributed by atoms with E-state index in [1.54, 1.807) is 0 Å². The van der Waals surface area contributed by atoms with Crippen molar-refractivity contribution in [2.75, 3.05) is 0 Å². The largest absolute Gasteiger partial charge is 0.393 e. The van der Waals surface area contributed by atoms with Gasteiger partial charge in [-0.2, -0.15) is 0 Å². The third-order valence-electron chi connectivity index (χ3n) is 3.56. The monoisotopic (exact) mass is 230 g/mol. The fraction of sp³-hybridized carbons (Fsp3) is 1.00. The molecule has 0 saturated carbocycles. The van der Waals surface area contributed by atoms with Crippen molar-refractivity contribution in [3.8, 4) is 0 Å². The zero-order valence-electron chi connectivity index (χ0n) is 11.7. The molecule has 0 aromatic rings. The second-order valence-corrected chi connectivity index (χ2v) is 6.18. The molecule has 2 heteroatoms. The van der Waals surface area contributed by atoms with Crippen molar-refractivity contribution >= 4 is 0 Å². The summed E-state index contributed by atoms with van der Waals surface area (Å²) in [5.74, 6) is 0.505. The van der Waals surface area contributed by atoms with Gasteiger partial charge in [0, 0.05) is 0 Å². The van der Waals surface area contributed by atoms with Gasteiger partial charge >= 0.3 is 0 Å². The van der Waals surface area contributed by atoms with Crippen molar-refractivity contribution in [2.45, 2.75) is 78.9 Å². The summed E-state index contributed by atoms with van der Waals surface area (Å²) in [6.45, 7) is 10.9. The van der Waals surface area contributed by atoms with Crippen LogP contribution in [0.5, 0.6) is 0 Å². The molecule has 98 valence electrons. The van der Waals surface area contributed by atoms with Crippen molar-refractivity contribution in [1.82, 2.24) is 0 Å². The van der Waals surface area contributed by atoms with Gasteiger partial charge in [-0.25, -0.2) is 0 Å². The van der Waals surface area contributed by atoms with Crippen LogP contribution in [-0.4, -0.2) is 22.4 Å². The third-order valence-corrected chi connectivity index (χ3v) is 3.56. The maximum atomic E-state index is 9.89. The topological polar surface area (TPSA) is 40.5 Å². The summed E-state index contributed by atoms with van der Waals surface area (Å²) in [6.07, 6.45) is 3.65. The summed E-state index contributed by atoms with van der Waals surface area (Å²) in [7, 11) is 0. The first-order valence-electron chi connectivity index (χ1n) is 6.63. The Hall–Kier alpha value is -0.0800. The quantitative estimate of drug-likeness (QED) is 0.704. The van der Waals surface area contributed by atoms with E-state index in [1.165, 1.54) is 0 Å². The van der Waals surface area contributed by atoms with E-state index in [0.717, 1.165) is 32.1 Å². The van der Waals surface area contributed by atoms with Crippen molar-refractivity contribution < 1.29 is 10.2 Å². The average molecular weight is 230 g/mol. The van der Waals surface area contributed by atoms with Gasteiger partial charge in [0.15, 0.2) is 0 Å². The molecule has 0 aliphatic rings. The molecule has 0 amide bonds. The molecule has 3 unspecified atom stereocenters. The zero-order valence-corrected chi connectivity index (χ0v) is 11.7. The Morgan fingerprint density at radius 3 is 1.88 bits per heavy atom. The molecule has 16 heavy (non-hydrogen) atoms. The summed E-state index contributed by atoms with van der Waals surface area (Å²) in [4.78, 5) is 0. The van der Waals surface area contributed by atoms with E-state index in [9.17, 15) is 10.2 Å².